The number of carbonyl (C=O) groups is 1. The molecule has 1 aromatic heterocycles. The van der Waals surface area contributed by atoms with Crippen molar-refractivity contribution in [3.8, 4) is 0 Å². The number of benzene rings is 2. The molecule has 1 unspecified atom stereocenters. The number of hydrogen-bond acceptors (Lipinski definition) is 3. The highest BCUT2D eigenvalue weighted by molar-refractivity contribution is 5.93. The highest BCUT2D eigenvalue weighted by Gasteiger charge is 2.15. The molecule has 0 fully saturated rings. The summed E-state index contributed by atoms with van der Waals surface area (Å²) in [4.78, 5) is 16.4. The Morgan fingerprint density at radius 2 is 1.88 bits per heavy atom. The average Bonchev–Trinajstić information content (AvgIpc) is 3.04. The number of hydrogen-bond donors (Lipinski definition) is 2. The van der Waals surface area contributed by atoms with Crippen LogP contribution in [0.1, 0.15) is 41.6 Å². The molecular formula is C20H24N4O. The van der Waals surface area contributed by atoms with Gasteiger partial charge in [-0.3, -0.25) is 4.79 Å². The van der Waals surface area contributed by atoms with E-state index >= 15 is 0 Å². The largest absolute Gasteiger partial charge is 0.355 e. The smallest absolute Gasteiger partial charge is 0.251 e. The summed E-state index contributed by atoms with van der Waals surface area (Å²) < 4.78 is 2.25. The van der Waals surface area contributed by atoms with E-state index in [-0.39, 0.29) is 11.9 Å². The predicted molar refractivity (Wildman–Crippen MR) is 100 cm³/mol. The number of aromatic nitrogens is 2. The Morgan fingerprint density at radius 1 is 1.16 bits per heavy atom. The molecule has 1 atom stereocenters. The molecule has 25 heavy (non-hydrogen) atoms. The second-order valence-electron chi connectivity index (χ2n) is 6.08. The van der Waals surface area contributed by atoms with E-state index in [1.807, 2.05) is 36.4 Å². The molecule has 0 spiro atoms. The molecule has 0 aliphatic heterocycles. The first-order valence-electron chi connectivity index (χ1n) is 8.63. The van der Waals surface area contributed by atoms with Crippen LogP contribution in [0.4, 0.5) is 0 Å². The minimum absolute atomic E-state index is 0.0652. The summed E-state index contributed by atoms with van der Waals surface area (Å²) in [6.45, 7) is 5.89. The van der Waals surface area contributed by atoms with Gasteiger partial charge in [0, 0.05) is 25.7 Å². The molecule has 0 saturated heterocycles. The van der Waals surface area contributed by atoms with Crippen LogP contribution < -0.4 is 10.6 Å². The van der Waals surface area contributed by atoms with Gasteiger partial charge in [-0.25, -0.2) is 4.98 Å². The third-order valence-electron chi connectivity index (χ3n) is 4.44. The molecule has 0 aliphatic rings. The zero-order valence-corrected chi connectivity index (χ0v) is 14.9. The lowest BCUT2D eigenvalue weighted by Gasteiger charge is -2.15. The first kappa shape index (κ1) is 17.2. The highest BCUT2D eigenvalue weighted by atomic mass is 16.1. The van der Waals surface area contributed by atoms with Crippen molar-refractivity contribution >= 4 is 16.9 Å². The Hall–Kier alpha value is -2.66. The zero-order valence-electron chi connectivity index (χ0n) is 14.9. The van der Waals surface area contributed by atoms with Crippen LogP contribution in [-0.2, 0) is 13.1 Å². The Balaban J connectivity index is 1.72. The molecule has 0 radical (unpaired) electrons. The minimum atomic E-state index is -0.0652. The summed E-state index contributed by atoms with van der Waals surface area (Å²) in [6, 6.07) is 16.0. The van der Waals surface area contributed by atoms with Crippen LogP contribution in [-0.4, -0.2) is 22.5 Å². The van der Waals surface area contributed by atoms with Gasteiger partial charge in [-0.1, -0.05) is 24.3 Å². The Morgan fingerprint density at radius 3 is 2.56 bits per heavy atom. The molecular weight excluding hydrogens is 312 g/mol. The van der Waals surface area contributed by atoms with Crippen molar-refractivity contribution < 1.29 is 4.79 Å². The van der Waals surface area contributed by atoms with Gasteiger partial charge in [0.05, 0.1) is 17.1 Å². The van der Waals surface area contributed by atoms with E-state index in [4.69, 9.17) is 4.98 Å². The van der Waals surface area contributed by atoms with Gasteiger partial charge >= 0.3 is 0 Å². The lowest BCUT2D eigenvalue weighted by atomic mass is 10.1. The quantitative estimate of drug-likeness (QED) is 0.726. The van der Waals surface area contributed by atoms with Gasteiger partial charge in [-0.05, 0) is 43.7 Å². The molecule has 1 amide bonds. The monoisotopic (exact) mass is 336 g/mol. The van der Waals surface area contributed by atoms with Crippen molar-refractivity contribution in [2.45, 2.75) is 33.0 Å². The number of nitrogens with one attached hydrogen (secondary N) is 2. The number of nitrogens with zero attached hydrogens (tertiary/aromatic N) is 2. The van der Waals surface area contributed by atoms with Crippen LogP contribution in [0.3, 0.4) is 0 Å². The van der Waals surface area contributed by atoms with Gasteiger partial charge in [0.15, 0.2) is 0 Å². The normalized spacial score (nSPS) is 12.3. The maximum atomic E-state index is 11.6. The molecule has 2 aromatic carbocycles. The molecule has 3 rings (SSSR count). The van der Waals surface area contributed by atoms with Gasteiger partial charge in [-0.2, -0.15) is 0 Å². The summed E-state index contributed by atoms with van der Waals surface area (Å²) >= 11 is 0. The van der Waals surface area contributed by atoms with E-state index < -0.39 is 0 Å². The molecule has 5 nitrogen and oxygen atoms in total. The molecule has 0 saturated carbocycles. The van der Waals surface area contributed by atoms with Gasteiger partial charge in [0.2, 0.25) is 0 Å². The third kappa shape index (κ3) is 3.56. The van der Waals surface area contributed by atoms with Crippen molar-refractivity contribution in [2.24, 2.45) is 0 Å². The number of fused-ring (bicyclic) bond motifs is 1. The van der Waals surface area contributed by atoms with Gasteiger partial charge < -0.3 is 15.2 Å². The van der Waals surface area contributed by atoms with E-state index in [0.717, 1.165) is 30.0 Å². The number of aryl methyl sites for hydroxylation is 1. The number of para-hydroxylation sites is 2. The van der Waals surface area contributed by atoms with Crippen LogP contribution in [0, 0.1) is 0 Å². The van der Waals surface area contributed by atoms with Crippen molar-refractivity contribution in [3.63, 3.8) is 0 Å². The maximum Gasteiger partial charge on any atom is 0.251 e. The van der Waals surface area contributed by atoms with Crippen molar-refractivity contribution in [2.75, 3.05) is 7.05 Å². The number of imidazole rings is 1. The predicted octanol–water partition coefficient (Wildman–Crippen LogP) is 3.27. The van der Waals surface area contributed by atoms with E-state index in [1.165, 1.54) is 5.52 Å². The number of amides is 1. The molecule has 5 heteroatoms. The maximum absolute atomic E-state index is 11.6. The highest BCUT2D eigenvalue weighted by Crippen LogP contribution is 2.21. The van der Waals surface area contributed by atoms with E-state index in [1.54, 1.807) is 7.05 Å². The standard InChI is InChI=1S/C20H24N4O/c1-4-24-18-8-6-5-7-17(18)23-19(24)14(2)22-13-15-9-11-16(12-10-15)20(25)21-3/h5-12,14,22H,4,13H2,1-3H3,(H,21,25). The van der Waals surface area contributed by atoms with Crippen LogP contribution >= 0.6 is 0 Å². The van der Waals surface area contributed by atoms with Crippen LogP contribution in [0.5, 0.6) is 0 Å². The summed E-state index contributed by atoms with van der Waals surface area (Å²) in [5.74, 6) is 0.982. The lowest BCUT2D eigenvalue weighted by Crippen LogP contribution is -2.22. The fourth-order valence-electron chi connectivity index (χ4n) is 3.04. The molecule has 1 heterocycles. The SMILES string of the molecule is CCn1c(C(C)NCc2ccc(C(=O)NC)cc2)nc2ccccc21. The van der Waals surface area contributed by atoms with E-state index in [0.29, 0.717) is 5.56 Å². The second kappa shape index (κ2) is 7.49. The summed E-state index contributed by atoms with van der Waals surface area (Å²) in [7, 11) is 1.64. The van der Waals surface area contributed by atoms with Crippen molar-refractivity contribution in [3.05, 3.63) is 65.5 Å². The minimum Gasteiger partial charge on any atom is -0.355 e. The Bertz CT molecular complexity index is 867. The average molecular weight is 336 g/mol. The topological polar surface area (TPSA) is 59.0 Å². The molecule has 130 valence electrons. The number of carbonyl (C=O) groups excluding carboxylic acids is 1. The van der Waals surface area contributed by atoms with Crippen molar-refractivity contribution in [1.82, 2.24) is 20.2 Å². The fraction of sp³-hybridized carbons (Fsp3) is 0.300. The van der Waals surface area contributed by atoms with Crippen molar-refractivity contribution in [1.29, 1.82) is 0 Å². The van der Waals surface area contributed by atoms with Crippen LogP contribution in [0.15, 0.2) is 48.5 Å². The Labute approximate surface area is 148 Å². The van der Waals surface area contributed by atoms with Crippen LogP contribution in [0.25, 0.3) is 11.0 Å². The summed E-state index contributed by atoms with van der Waals surface area (Å²) in [6.07, 6.45) is 0. The van der Waals surface area contributed by atoms with E-state index in [9.17, 15) is 4.79 Å². The van der Waals surface area contributed by atoms with Crippen LogP contribution in [0.2, 0.25) is 0 Å². The van der Waals surface area contributed by atoms with E-state index in [2.05, 4.69) is 41.2 Å². The summed E-state index contributed by atoms with van der Waals surface area (Å²) in [5, 5.41) is 6.16. The second-order valence-corrected chi connectivity index (χ2v) is 6.08. The first-order chi connectivity index (χ1) is 12.1. The zero-order chi connectivity index (χ0) is 17.8. The summed E-state index contributed by atoms with van der Waals surface area (Å²) in [5.41, 5.74) is 4.01. The third-order valence-corrected chi connectivity index (χ3v) is 4.44. The van der Waals surface area contributed by atoms with Gasteiger partial charge in [0.25, 0.3) is 5.91 Å². The lowest BCUT2D eigenvalue weighted by molar-refractivity contribution is 0.0963. The van der Waals surface area contributed by atoms with Gasteiger partial charge in [-0.15, -0.1) is 0 Å². The van der Waals surface area contributed by atoms with Gasteiger partial charge in [0.1, 0.15) is 5.82 Å². The molecule has 3 aromatic rings. The first-order valence-corrected chi connectivity index (χ1v) is 8.63. The molecule has 0 bridgehead atoms. The Kier molecular flexibility index (Phi) is 5.14. The fourth-order valence-corrected chi connectivity index (χ4v) is 3.04. The molecule has 2 N–H and O–H groups in total. The molecule has 0 aliphatic carbocycles. The number of rotatable bonds is 6.